The van der Waals surface area contributed by atoms with Crippen molar-refractivity contribution in [3.8, 4) is 0 Å². The van der Waals surface area contributed by atoms with Crippen molar-refractivity contribution in [2.24, 2.45) is 0 Å². The number of amides is 1. The van der Waals surface area contributed by atoms with Gasteiger partial charge in [-0.1, -0.05) is 0 Å². The highest BCUT2D eigenvalue weighted by Gasteiger charge is 2.22. The van der Waals surface area contributed by atoms with Gasteiger partial charge in [0.15, 0.2) is 17.5 Å². The van der Waals surface area contributed by atoms with E-state index >= 15 is 0 Å². The van der Waals surface area contributed by atoms with Crippen LogP contribution in [0.15, 0.2) is 12.1 Å². The Kier molecular flexibility index (Phi) is 4.42. The highest BCUT2D eigenvalue weighted by Crippen LogP contribution is 2.18. The lowest BCUT2D eigenvalue weighted by atomic mass is 10.2. The third kappa shape index (κ3) is 4.24. The molecular formula is C13H15F3N2O. The fourth-order valence-corrected chi connectivity index (χ4v) is 1.67. The van der Waals surface area contributed by atoms with E-state index in [1.165, 1.54) is 0 Å². The quantitative estimate of drug-likeness (QED) is 0.613. The molecule has 0 aliphatic heterocycles. The molecule has 2 rings (SSSR count). The number of carbonyl (C=O) groups is 1. The van der Waals surface area contributed by atoms with Gasteiger partial charge in [0.2, 0.25) is 5.91 Å². The second-order valence-electron chi connectivity index (χ2n) is 4.64. The zero-order valence-electron chi connectivity index (χ0n) is 10.3. The van der Waals surface area contributed by atoms with Gasteiger partial charge in [0.25, 0.3) is 0 Å². The van der Waals surface area contributed by atoms with Crippen molar-refractivity contribution in [3.63, 3.8) is 0 Å². The molecule has 0 aromatic heterocycles. The Bertz CT molecular complexity index is 452. The topological polar surface area (TPSA) is 41.1 Å². The monoisotopic (exact) mass is 272 g/mol. The molecule has 0 bridgehead atoms. The highest BCUT2D eigenvalue weighted by atomic mass is 19.2. The first-order chi connectivity index (χ1) is 9.06. The third-order valence-electron chi connectivity index (χ3n) is 2.84. The minimum Gasteiger partial charge on any atom is -0.353 e. The number of halogens is 3. The van der Waals surface area contributed by atoms with E-state index < -0.39 is 17.5 Å². The minimum absolute atomic E-state index is 0.0357. The van der Waals surface area contributed by atoms with E-state index in [1.54, 1.807) is 0 Å². The van der Waals surface area contributed by atoms with Crippen molar-refractivity contribution in [3.05, 3.63) is 35.1 Å². The van der Waals surface area contributed by atoms with Gasteiger partial charge >= 0.3 is 0 Å². The maximum Gasteiger partial charge on any atom is 0.221 e. The number of rotatable bonds is 6. The first-order valence-corrected chi connectivity index (χ1v) is 6.20. The Morgan fingerprint density at radius 1 is 1.21 bits per heavy atom. The fraction of sp³-hybridized carbons (Fsp3) is 0.462. The van der Waals surface area contributed by atoms with E-state index in [0.717, 1.165) is 25.0 Å². The van der Waals surface area contributed by atoms with Crippen LogP contribution in [0.3, 0.4) is 0 Å². The average Bonchev–Trinajstić information content (AvgIpc) is 3.15. The fourth-order valence-electron chi connectivity index (χ4n) is 1.67. The molecule has 104 valence electrons. The molecule has 0 saturated heterocycles. The van der Waals surface area contributed by atoms with Crippen molar-refractivity contribution < 1.29 is 18.0 Å². The maximum atomic E-state index is 12.9. The average molecular weight is 272 g/mol. The predicted molar refractivity (Wildman–Crippen MR) is 63.8 cm³/mol. The molecule has 0 atom stereocenters. The smallest absolute Gasteiger partial charge is 0.221 e. The molecular weight excluding hydrogens is 257 g/mol. The van der Waals surface area contributed by atoms with Crippen LogP contribution >= 0.6 is 0 Å². The second kappa shape index (κ2) is 6.06. The summed E-state index contributed by atoms with van der Waals surface area (Å²) in [6.07, 6.45) is 2.38. The molecule has 1 saturated carbocycles. The van der Waals surface area contributed by atoms with E-state index in [9.17, 15) is 18.0 Å². The Balaban J connectivity index is 1.71. The molecule has 0 unspecified atom stereocenters. The molecule has 1 aromatic rings. The molecule has 1 aromatic carbocycles. The Morgan fingerprint density at radius 3 is 2.42 bits per heavy atom. The zero-order valence-corrected chi connectivity index (χ0v) is 10.3. The molecule has 1 fully saturated rings. The summed E-state index contributed by atoms with van der Waals surface area (Å²) in [4.78, 5) is 11.3. The highest BCUT2D eigenvalue weighted by molar-refractivity contribution is 5.76. The summed E-state index contributed by atoms with van der Waals surface area (Å²) in [7, 11) is 0. The van der Waals surface area contributed by atoms with Gasteiger partial charge in [-0.2, -0.15) is 0 Å². The van der Waals surface area contributed by atoms with Gasteiger partial charge < -0.3 is 10.6 Å². The van der Waals surface area contributed by atoms with Crippen LogP contribution in [0.5, 0.6) is 0 Å². The van der Waals surface area contributed by atoms with Crippen molar-refractivity contribution in [1.82, 2.24) is 10.6 Å². The van der Waals surface area contributed by atoms with Crippen LogP contribution in [-0.2, 0) is 11.3 Å². The summed E-state index contributed by atoms with van der Waals surface area (Å²) in [6.45, 7) is 0.587. The van der Waals surface area contributed by atoms with Gasteiger partial charge in [0.1, 0.15) is 0 Å². The van der Waals surface area contributed by atoms with Crippen LogP contribution < -0.4 is 10.6 Å². The summed E-state index contributed by atoms with van der Waals surface area (Å²) in [5.74, 6) is -3.91. The van der Waals surface area contributed by atoms with Crippen molar-refractivity contribution in [1.29, 1.82) is 0 Å². The normalized spacial score (nSPS) is 14.5. The van der Waals surface area contributed by atoms with Gasteiger partial charge in [0, 0.05) is 25.6 Å². The summed E-state index contributed by atoms with van der Waals surface area (Å²) < 4.78 is 38.6. The summed E-state index contributed by atoms with van der Waals surface area (Å²) in [6, 6.07) is 2.21. The van der Waals surface area contributed by atoms with E-state index in [0.29, 0.717) is 24.6 Å². The van der Waals surface area contributed by atoms with Crippen molar-refractivity contribution in [2.45, 2.75) is 31.8 Å². The van der Waals surface area contributed by atoms with E-state index in [-0.39, 0.29) is 12.5 Å². The van der Waals surface area contributed by atoms with E-state index in [4.69, 9.17) is 0 Å². The Labute approximate surface area is 109 Å². The molecule has 0 spiro atoms. The first-order valence-electron chi connectivity index (χ1n) is 6.20. The molecule has 0 heterocycles. The van der Waals surface area contributed by atoms with Crippen molar-refractivity contribution >= 4 is 5.91 Å². The zero-order chi connectivity index (χ0) is 13.8. The maximum absolute atomic E-state index is 12.9. The Morgan fingerprint density at radius 2 is 1.84 bits per heavy atom. The van der Waals surface area contributed by atoms with Gasteiger partial charge in [0.05, 0.1) is 0 Å². The molecule has 6 heteroatoms. The molecule has 1 amide bonds. The number of nitrogens with one attached hydrogen (secondary N) is 2. The number of hydrogen-bond donors (Lipinski definition) is 2. The largest absolute Gasteiger partial charge is 0.353 e. The van der Waals surface area contributed by atoms with Gasteiger partial charge in [-0.3, -0.25) is 4.79 Å². The second-order valence-corrected chi connectivity index (χ2v) is 4.64. The lowest BCUT2D eigenvalue weighted by molar-refractivity contribution is -0.121. The Hall–Kier alpha value is -1.56. The van der Waals surface area contributed by atoms with Crippen molar-refractivity contribution in [2.75, 3.05) is 6.54 Å². The van der Waals surface area contributed by atoms with Crippen LogP contribution in [0.1, 0.15) is 24.8 Å². The summed E-state index contributed by atoms with van der Waals surface area (Å²) >= 11 is 0. The van der Waals surface area contributed by atoms with Crippen LogP contribution in [0, 0.1) is 17.5 Å². The number of benzene rings is 1. The lowest BCUT2D eigenvalue weighted by Crippen LogP contribution is -2.29. The van der Waals surface area contributed by atoms with Gasteiger partial charge in [-0.15, -0.1) is 0 Å². The molecule has 0 radical (unpaired) electrons. The molecule has 3 nitrogen and oxygen atoms in total. The van der Waals surface area contributed by atoms with Gasteiger partial charge in [-0.05, 0) is 30.5 Å². The lowest BCUT2D eigenvalue weighted by Gasteiger charge is -2.06. The van der Waals surface area contributed by atoms with E-state index in [2.05, 4.69) is 10.6 Å². The standard InChI is InChI=1S/C13H15F3N2O/c14-10-5-8(6-11(15)13(10)16)7-17-4-3-12(19)18-9-1-2-9/h5-6,9,17H,1-4,7H2,(H,18,19). The van der Waals surface area contributed by atoms with Crippen LogP contribution in [0.25, 0.3) is 0 Å². The summed E-state index contributed by atoms with van der Waals surface area (Å²) in [5.41, 5.74) is 0.305. The van der Waals surface area contributed by atoms with Crippen LogP contribution in [-0.4, -0.2) is 18.5 Å². The predicted octanol–water partition coefficient (Wildman–Crippen LogP) is 1.86. The molecule has 19 heavy (non-hydrogen) atoms. The van der Waals surface area contributed by atoms with Gasteiger partial charge in [-0.25, -0.2) is 13.2 Å². The van der Waals surface area contributed by atoms with Crippen LogP contribution in [0.2, 0.25) is 0 Å². The van der Waals surface area contributed by atoms with Crippen LogP contribution in [0.4, 0.5) is 13.2 Å². The third-order valence-corrected chi connectivity index (χ3v) is 2.84. The van der Waals surface area contributed by atoms with E-state index in [1.807, 2.05) is 0 Å². The minimum atomic E-state index is -1.47. The SMILES string of the molecule is O=C(CCNCc1cc(F)c(F)c(F)c1)NC1CC1. The number of hydrogen-bond acceptors (Lipinski definition) is 2. The molecule has 2 N–H and O–H groups in total. The molecule has 1 aliphatic rings. The first kappa shape index (κ1) is 13.9. The number of carbonyl (C=O) groups excluding carboxylic acids is 1. The molecule has 1 aliphatic carbocycles. The summed E-state index contributed by atoms with van der Waals surface area (Å²) in [5, 5.41) is 5.71.